The molecular weight excluding hydrogens is 236 g/mol. The zero-order chi connectivity index (χ0) is 13.5. The average molecular weight is 264 g/mol. The van der Waals surface area contributed by atoms with Crippen LogP contribution in [0.1, 0.15) is 64.2 Å². The molecule has 2 aliphatic carbocycles. The zero-order valence-electron chi connectivity index (χ0n) is 12.3. The summed E-state index contributed by atoms with van der Waals surface area (Å²) in [4.78, 5) is 11.7. The van der Waals surface area contributed by atoms with Crippen LogP contribution in [0.15, 0.2) is 12.2 Å². The molecule has 0 heterocycles. The summed E-state index contributed by atoms with van der Waals surface area (Å²) >= 11 is 0. The van der Waals surface area contributed by atoms with E-state index >= 15 is 0 Å². The largest absolute Gasteiger partial charge is 0.381 e. The van der Waals surface area contributed by atoms with Gasteiger partial charge in [-0.25, -0.2) is 0 Å². The fraction of sp³-hybridized carbons (Fsp3) is 0.824. The van der Waals surface area contributed by atoms with Crippen LogP contribution in [0.3, 0.4) is 0 Å². The maximum Gasteiger partial charge on any atom is 0.135 e. The predicted octanol–water partition coefficient (Wildman–Crippen LogP) is 4.29. The molecule has 0 aliphatic heterocycles. The molecule has 0 aromatic heterocycles. The smallest absolute Gasteiger partial charge is 0.135 e. The molecule has 2 fully saturated rings. The Kier molecular flexibility index (Phi) is 6.09. The van der Waals surface area contributed by atoms with Crippen molar-refractivity contribution in [1.82, 2.24) is 0 Å². The molecule has 2 aliphatic rings. The number of ketones is 1. The molecule has 2 nitrogen and oxygen atoms in total. The molecule has 0 aromatic carbocycles. The van der Waals surface area contributed by atoms with E-state index in [2.05, 4.69) is 12.2 Å². The zero-order valence-corrected chi connectivity index (χ0v) is 12.3. The van der Waals surface area contributed by atoms with Gasteiger partial charge in [-0.15, -0.1) is 0 Å². The SMILES string of the molecule is COC1CCC(/C=C/CCC2CCCCC2=O)CC1. The topological polar surface area (TPSA) is 26.3 Å². The van der Waals surface area contributed by atoms with E-state index in [4.69, 9.17) is 4.74 Å². The third-order valence-corrected chi connectivity index (χ3v) is 4.82. The van der Waals surface area contributed by atoms with Crippen molar-refractivity contribution in [2.24, 2.45) is 11.8 Å². The molecule has 0 N–H and O–H groups in total. The van der Waals surface area contributed by atoms with Gasteiger partial charge in [0.05, 0.1) is 6.10 Å². The van der Waals surface area contributed by atoms with Gasteiger partial charge in [0.1, 0.15) is 5.78 Å². The fourth-order valence-electron chi connectivity index (χ4n) is 3.46. The number of carbonyl (C=O) groups is 1. The van der Waals surface area contributed by atoms with Gasteiger partial charge in [-0.2, -0.15) is 0 Å². The number of ether oxygens (including phenoxy) is 1. The van der Waals surface area contributed by atoms with Crippen LogP contribution < -0.4 is 0 Å². The molecule has 2 heteroatoms. The average Bonchev–Trinajstić information content (AvgIpc) is 2.46. The van der Waals surface area contributed by atoms with Crippen LogP contribution in [-0.2, 0) is 9.53 Å². The molecule has 2 rings (SSSR count). The van der Waals surface area contributed by atoms with E-state index in [-0.39, 0.29) is 0 Å². The normalized spacial score (nSPS) is 32.9. The summed E-state index contributed by atoms with van der Waals surface area (Å²) in [5, 5.41) is 0. The number of carbonyl (C=O) groups excluding carboxylic acids is 1. The van der Waals surface area contributed by atoms with Gasteiger partial charge in [-0.3, -0.25) is 4.79 Å². The van der Waals surface area contributed by atoms with Gasteiger partial charge < -0.3 is 4.74 Å². The van der Waals surface area contributed by atoms with Crippen LogP contribution in [-0.4, -0.2) is 19.0 Å². The van der Waals surface area contributed by atoms with Gasteiger partial charge in [-0.05, 0) is 57.3 Å². The summed E-state index contributed by atoms with van der Waals surface area (Å²) in [5.74, 6) is 1.62. The van der Waals surface area contributed by atoms with Crippen LogP contribution in [0.4, 0.5) is 0 Å². The van der Waals surface area contributed by atoms with Crippen LogP contribution in [0.2, 0.25) is 0 Å². The molecule has 0 radical (unpaired) electrons. The first-order chi connectivity index (χ1) is 9.29. The van der Waals surface area contributed by atoms with E-state index < -0.39 is 0 Å². The molecule has 19 heavy (non-hydrogen) atoms. The Hall–Kier alpha value is -0.630. The van der Waals surface area contributed by atoms with E-state index in [9.17, 15) is 4.79 Å². The summed E-state index contributed by atoms with van der Waals surface area (Å²) in [6.45, 7) is 0. The van der Waals surface area contributed by atoms with Crippen molar-refractivity contribution in [1.29, 1.82) is 0 Å². The summed E-state index contributed by atoms with van der Waals surface area (Å²) in [7, 11) is 1.82. The van der Waals surface area contributed by atoms with E-state index in [0.29, 0.717) is 17.8 Å². The van der Waals surface area contributed by atoms with Crippen LogP contribution >= 0.6 is 0 Å². The maximum absolute atomic E-state index is 11.7. The first-order valence-corrected chi connectivity index (χ1v) is 8.01. The Bertz CT molecular complexity index is 300. The molecule has 1 atom stereocenters. The highest BCUT2D eigenvalue weighted by Gasteiger charge is 2.21. The highest BCUT2D eigenvalue weighted by molar-refractivity contribution is 5.81. The number of hydrogen-bond acceptors (Lipinski definition) is 2. The van der Waals surface area contributed by atoms with Gasteiger partial charge in [0, 0.05) is 19.4 Å². The van der Waals surface area contributed by atoms with Crippen molar-refractivity contribution in [3.05, 3.63) is 12.2 Å². The lowest BCUT2D eigenvalue weighted by atomic mass is 9.84. The fourth-order valence-corrected chi connectivity index (χ4v) is 3.46. The predicted molar refractivity (Wildman–Crippen MR) is 78.1 cm³/mol. The van der Waals surface area contributed by atoms with Crippen molar-refractivity contribution in [2.75, 3.05) is 7.11 Å². The summed E-state index contributed by atoms with van der Waals surface area (Å²) in [6, 6.07) is 0. The minimum Gasteiger partial charge on any atom is -0.381 e. The summed E-state index contributed by atoms with van der Waals surface area (Å²) in [5.41, 5.74) is 0. The third kappa shape index (κ3) is 4.76. The second-order valence-electron chi connectivity index (χ2n) is 6.19. The van der Waals surface area contributed by atoms with Gasteiger partial charge in [0.2, 0.25) is 0 Å². The lowest BCUT2D eigenvalue weighted by Gasteiger charge is -2.25. The third-order valence-electron chi connectivity index (χ3n) is 4.82. The van der Waals surface area contributed by atoms with Crippen LogP contribution in [0.5, 0.6) is 0 Å². The molecule has 108 valence electrons. The van der Waals surface area contributed by atoms with Gasteiger partial charge in [0.25, 0.3) is 0 Å². The Morgan fingerprint density at radius 3 is 2.63 bits per heavy atom. The van der Waals surface area contributed by atoms with E-state index in [1.807, 2.05) is 7.11 Å². The molecule has 1 unspecified atom stereocenters. The van der Waals surface area contributed by atoms with Crippen molar-refractivity contribution in [3.63, 3.8) is 0 Å². The Balaban J connectivity index is 1.62. The number of allylic oxidation sites excluding steroid dienone is 2. The molecular formula is C17H28O2. The van der Waals surface area contributed by atoms with Crippen molar-refractivity contribution < 1.29 is 9.53 Å². The lowest BCUT2D eigenvalue weighted by molar-refractivity contribution is -0.124. The van der Waals surface area contributed by atoms with Gasteiger partial charge >= 0.3 is 0 Å². The number of hydrogen-bond donors (Lipinski definition) is 0. The standard InChI is InChI=1S/C17H28O2/c1-19-16-12-10-14(11-13-16)6-2-3-7-15-8-4-5-9-17(15)18/h2,6,14-16H,3-5,7-13H2,1H3/b6-2+. The highest BCUT2D eigenvalue weighted by atomic mass is 16.5. The Labute approximate surface area is 117 Å². The van der Waals surface area contributed by atoms with Gasteiger partial charge in [0.15, 0.2) is 0 Å². The highest BCUT2D eigenvalue weighted by Crippen LogP contribution is 2.28. The summed E-state index contributed by atoms with van der Waals surface area (Å²) < 4.78 is 5.39. The number of methoxy groups -OCH3 is 1. The molecule has 0 spiro atoms. The van der Waals surface area contributed by atoms with E-state index in [1.165, 1.54) is 32.1 Å². The van der Waals surface area contributed by atoms with Crippen molar-refractivity contribution >= 4 is 5.78 Å². The first kappa shape index (κ1) is 14.8. The van der Waals surface area contributed by atoms with E-state index in [0.717, 1.165) is 38.0 Å². The second-order valence-corrected chi connectivity index (χ2v) is 6.19. The van der Waals surface area contributed by atoms with E-state index in [1.54, 1.807) is 0 Å². The Morgan fingerprint density at radius 2 is 1.95 bits per heavy atom. The van der Waals surface area contributed by atoms with Gasteiger partial charge in [-0.1, -0.05) is 18.6 Å². The molecule has 2 saturated carbocycles. The molecule has 0 saturated heterocycles. The van der Waals surface area contributed by atoms with Crippen molar-refractivity contribution in [2.45, 2.75) is 70.3 Å². The number of rotatable bonds is 5. The monoisotopic (exact) mass is 264 g/mol. The minimum absolute atomic E-state index is 0.364. The quantitative estimate of drug-likeness (QED) is 0.692. The first-order valence-electron chi connectivity index (χ1n) is 8.01. The second kappa shape index (κ2) is 7.84. The molecule has 0 amide bonds. The molecule has 0 aromatic rings. The van der Waals surface area contributed by atoms with Crippen LogP contribution in [0, 0.1) is 11.8 Å². The van der Waals surface area contributed by atoms with Crippen LogP contribution in [0.25, 0.3) is 0 Å². The lowest BCUT2D eigenvalue weighted by Crippen LogP contribution is -2.19. The van der Waals surface area contributed by atoms with Crippen molar-refractivity contribution in [3.8, 4) is 0 Å². The summed E-state index contributed by atoms with van der Waals surface area (Å²) in [6.07, 6.45) is 16.6. The maximum atomic E-state index is 11.7. The minimum atomic E-state index is 0.364. The number of Topliss-reactive ketones (excluding diaryl/α,β-unsaturated/α-hetero) is 1. The Morgan fingerprint density at radius 1 is 1.16 bits per heavy atom. The molecule has 0 bridgehead atoms.